The first kappa shape index (κ1) is 25.6. The highest BCUT2D eigenvalue weighted by Gasteiger charge is 2.28. The van der Waals surface area contributed by atoms with Crippen LogP contribution in [0.15, 0.2) is 48.0 Å². The van der Waals surface area contributed by atoms with Crippen LogP contribution in [0.25, 0.3) is 0 Å². The van der Waals surface area contributed by atoms with E-state index >= 15 is 0 Å². The predicted molar refractivity (Wildman–Crippen MR) is 135 cm³/mol. The number of halogens is 1. The lowest BCUT2D eigenvalue weighted by Crippen LogP contribution is -2.49. The summed E-state index contributed by atoms with van der Waals surface area (Å²) in [5.41, 5.74) is 1.81. The summed E-state index contributed by atoms with van der Waals surface area (Å²) in [7, 11) is -1.83. The van der Waals surface area contributed by atoms with Crippen LogP contribution in [0, 0.1) is 5.92 Å². The molecule has 2 unspecified atom stereocenters. The molecule has 2 N–H and O–H groups in total. The number of nitrogens with one attached hydrogen (secondary N) is 2. The van der Waals surface area contributed by atoms with Gasteiger partial charge in [-0.2, -0.15) is 0 Å². The first-order valence-electron chi connectivity index (χ1n) is 10.4. The monoisotopic (exact) mass is 560 g/mol. The van der Waals surface area contributed by atoms with Gasteiger partial charge in [0.05, 0.1) is 24.7 Å². The van der Waals surface area contributed by atoms with Gasteiger partial charge in [-0.15, -0.1) is 24.0 Å². The zero-order chi connectivity index (χ0) is 21.6. The lowest BCUT2D eigenvalue weighted by atomic mass is 9.93. The predicted octanol–water partition coefficient (Wildman–Crippen LogP) is 2.60. The minimum atomic E-state index is -3.26. The van der Waals surface area contributed by atoms with Crippen molar-refractivity contribution in [2.75, 3.05) is 26.7 Å². The van der Waals surface area contributed by atoms with Crippen molar-refractivity contribution in [3.63, 3.8) is 0 Å². The molecule has 2 aromatic rings. The molecule has 1 aliphatic rings. The largest absolute Gasteiger partial charge is 0.357 e. The maximum absolute atomic E-state index is 11.7. The second-order valence-electron chi connectivity index (χ2n) is 7.74. The van der Waals surface area contributed by atoms with Crippen LogP contribution >= 0.6 is 24.0 Å². The van der Waals surface area contributed by atoms with Crippen molar-refractivity contribution in [1.29, 1.82) is 0 Å². The number of hydrogen-bond acceptors (Lipinski definition) is 4. The molecular weight excluding hydrogens is 527 g/mol. The van der Waals surface area contributed by atoms with Crippen LogP contribution in [-0.2, 0) is 22.3 Å². The number of likely N-dealkylation sites (tertiary alicyclic amines) is 1. The van der Waals surface area contributed by atoms with Gasteiger partial charge in [-0.25, -0.2) is 23.1 Å². The second-order valence-corrected chi connectivity index (χ2v) is 9.67. The maximum Gasteiger partial charge on any atom is 0.215 e. The van der Waals surface area contributed by atoms with E-state index in [0.717, 1.165) is 43.1 Å². The van der Waals surface area contributed by atoms with E-state index in [4.69, 9.17) is 4.99 Å². The number of guanidine groups is 1. The number of rotatable bonds is 7. The molecule has 1 aliphatic heterocycles. The average molecular weight is 561 g/mol. The van der Waals surface area contributed by atoms with Crippen molar-refractivity contribution in [3.8, 4) is 0 Å². The second kappa shape index (κ2) is 11.8. The lowest BCUT2D eigenvalue weighted by molar-refractivity contribution is 0.189. The van der Waals surface area contributed by atoms with Gasteiger partial charge in [0.15, 0.2) is 5.96 Å². The van der Waals surface area contributed by atoms with Gasteiger partial charge in [0.1, 0.15) is 0 Å². The Morgan fingerprint density at radius 1 is 1.26 bits per heavy atom. The number of imidazole rings is 1. The first-order valence-corrected chi connectivity index (χ1v) is 12.1. The van der Waals surface area contributed by atoms with Gasteiger partial charge in [-0.3, -0.25) is 0 Å². The van der Waals surface area contributed by atoms with Crippen LogP contribution < -0.4 is 10.0 Å². The number of hydrogen-bond donors (Lipinski definition) is 2. The van der Waals surface area contributed by atoms with Crippen LogP contribution in [0.1, 0.15) is 37.4 Å². The normalized spacial score (nSPS) is 19.7. The molecule has 2 atom stereocenters. The van der Waals surface area contributed by atoms with Crippen LogP contribution in [-0.4, -0.2) is 55.5 Å². The van der Waals surface area contributed by atoms with Crippen LogP contribution in [0.5, 0.6) is 0 Å². The van der Waals surface area contributed by atoms with Crippen molar-refractivity contribution in [2.45, 2.75) is 38.6 Å². The number of sulfonamides is 1. The van der Waals surface area contributed by atoms with Gasteiger partial charge in [-0.1, -0.05) is 31.2 Å². The Kier molecular flexibility index (Phi) is 9.76. The average Bonchev–Trinajstić information content (AvgIpc) is 3.27. The molecule has 1 aromatic heterocycles. The minimum Gasteiger partial charge on any atom is -0.357 e. The number of aliphatic imine (C=N–C) groups is 1. The van der Waals surface area contributed by atoms with E-state index in [1.807, 2.05) is 43.0 Å². The number of aromatic nitrogens is 2. The smallest absolute Gasteiger partial charge is 0.215 e. The summed E-state index contributed by atoms with van der Waals surface area (Å²) in [5, 5.41) is 3.42. The first-order chi connectivity index (χ1) is 14.4. The fourth-order valence-corrected chi connectivity index (χ4v) is 4.50. The molecule has 8 nitrogen and oxygen atoms in total. The van der Waals surface area contributed by atoms with Gasteiger partial charge in [-0.05, 0) is 37.4 Å². The molecule has 0 saturated carbocycles. The summed E-state index contributed by atoms with van der Waals surface area (Å²) in [6, 6.07) is 7.97. The molecule has 0 amide bonds. The molecule has 3 rings (SSSR count). The maximum atomic E-state index is 11.7. The lowest BCUT2D eigenvalue weighted by Gasteiger charge is -2.39. The molecule has 0 radical (unpaired) electrons. The Balaban J connectivity index is 0.00000341. The summed E-state index contributed by atoms with van der Waals surface area (Å²) in [4.78, 5) is 11.4. The summed E-state index contributed by atoms with van der Waals surface area (Å²) < 4.78 is 27.9. The van der Waals surface area contributed by atoms with Crippen molar-refractivity contribution >= 4 is 40.0 Å². The molecule has 0 spiro atoms. The van der Waals surface area contributed by atoms with Gasteiger partial charge in [0.2, 0.25) is 10.0 Å². The zero-order valence-electron chi connectivity index (χ0n) is 18.4. The number of benzene rings is 1. The van der Waals surface area contributed by atoms with E-state index in [0.29, 0.717) is 18.5 Å². The SMILES string of the molecule is CCNC(=NCc1ccc(CS(=O)(=O)NC)cc1)N1CCC(C)C(n2ccnc2)C1.I. The summed E-state index contributed by atoms with van der Waals surface area (Å²) >= 11 is 0. The van der Waals surface area contributed by atoms with Crippen LogP contribution in [0.4, 0.5) is 0 Å². The van der Waals surface area contributed by atoms with Gasteiger partial charge in [0, 0.05) is 32.0 Å². The Hall–Kier alpha value is -1.66. The molecule has 2 heterocycles. The van der Waals surface area contributed by atoms with Crippen LogP contribution in [0.3, 0.4) is 0 Å². The minimum absolute atomic E-state index is 0. The highest BCUT2D eigenvalue weighted by atomic mass is 127. The molecule has 172 valence electrons. The Morgan fingerprint density at radius 2 is 1.97 bits per heavy atom. The topological polar surface area (TPSA) is 91.6 Å². The summed E-state index contributed by atoms with van der Waals surface area (Å²) in [6.07, 6.45) is 6.85. The third-order valence-electron chi connectivity index (χ3n) is 5.56. The fourth-order valence-electron chi connectivity index (χ4n) is 3.72. The summed E-state index contributed by atoms with van der Waals surface area (Å²) in [6.45, 7) is 7.59. The van der Waals surface area contributed by atoms with E-state index in [9.17, 15) is 8.42 Å². The molecule has 0 bridgehead atoms. The van der Waals surface area contributed by atoms with Gasteiger partial charge in [0.25, 0.3) is 0 Å². The van der Waals surface area contributed by atoms with E-state index in [1.165, 1.54) is 7.05 Å². The third kappa shape index (κ3) is 7.18. The zero-order valence-corrected chi connectivity index (χ0v) is 21.5. The van der Waals surface area contributed by atoms with Crippen LogP contribution in [0.2, 0.25) is 0 Å². The van der Waals surface area contributed by atoms with E-state index in [1.54, 1.807) is 0 Å². The molecule has 1 fully saturated rings. The fraction of sp³-hybridized carbons (Fsp3) is 0.524. The van der Waals surface area contributed by atoms with E-state index < -0.39 is 10.0 Å². The van der Waals surface area contributed by atoms with E-state index in [-0.39, 0.29) is 29.7 Å². The Bertz CT molecular complexity index is 931. The highest BCUT2D eigenvalue weighted by Crippen LogP contribution is 2.27. The molecule has 10 heteroatoms. The third-order valence-corrected chi connectivity index (χ3v) is 6.90. The Labute approximate surface area is 202 Å². The number of nitrogens with zero attached hydrogens (tertiary/aromatic N) is 4. The molecule has 31 heavy (non-hydrogen) atoms. The molecule has 1 saturated heterocycles. The number of piperidine rings is 1. The van der Waals surface area contributed by atoms with Crippen molar-refractivity contribution in [2.24, 2.45) is 10.9 Å². The van der Waals surface area contributed by atoms with Crippen molar-refractivity contribution in [3.05, 3.63) is 54.1 Å². The molecule has 1 aromatic carbocycles. The van der Waals surface area contributed by atoms with Crippen molar-refractivity contribution in [1.82, 2.24) is 24.5 Å². The van der Waals surface area contributed by atoms with E-state index in [2.05, 4.69) is 38.3 Å². The summed E-state index contributed by atoms with van der Waals surface area (Å²) in [5.74, 6) is 1.48. The van der Waals surface area contributed by atoms with Crippen molar-refractivity contribution < 1.29 is 8.42 Å². The molecule has 0 aliphatic carbocycles. The standard InChI is InChI=1S/C21H32N6O2S.HI/c1-4-24-21(26-11-9-17(2)20(14-26)27-12-10-23-16-27)25-13-18-5-7-19(8-6-18)15-30(28,29)22-3;/h5-8,10,12,16-17,20,22H,4,9,11,13-15H2,1-3H3,(H,24,25);1H. The Morgan fingerprint density at radius 3 is 2.58 bits per heavy atom. The molecular formula is C21H33IN6O2S. The van der Waals surface area contributed by atoms with Gasteiger partial charge >= 0.3 is 0 Å². The highest BCUT2D eigenvalue weighted by molar-refractivity contribution is 14.0. The quantitative estimate of drug-likeness (QED) is 0.309. The van der Waals surface area contributed by atoms with Gasteiger partial charge < -0.3 is 14.8 Å².